The first-order valence-corrected chi connectivity index (χ1v) is 31.9. The van der Waals surface area contributed by atoms with Gasteiger partial charge in [0.2, 0.25) is 5.91 Å². The lowest BCUT2D eigenvalue weighted by Gasteiger charge is -2.25. The first kappa shape index (κ1) is 71.9. The van der Waals surface area contributed by atoms with Crippen molar-refractivity contribution in [1.82, 2.24) is 5.32 Å². The molecule has 0 aromatic heterocycles. The summed E-state index contributed by atoms with van der Waals surface area (Å²) < 4.78 is 23.7. The molecule has 8 nitrogen and oxygen atoms in total. The zero-order valence-corrected chi connectivity index (χ0v) is 49.9. The van der Waals surface area contributed by atoms with Crippen LogP contribution in [0.4, 0.5) is 0 Å². The number of likely N-dealkylation sites (N-methyl/N-ethyl adjacent to an activating group) is 1. The number of nitrogens with one attached hydrogen (secondary N) is 1. The van der Waals surface area contributed by atoms with Crippen molar-refractivity contribution in [3.8, 4) is 0 Å². The number of allylic oxidation sites excluding steroid dienone is 19. The fourth-order valence-corrected chi connectivity index (χ4v) is 8.93. The van der Waals surface area contributed by atoms with E-state index in [1.165, 1.54) is 116 Å². The van der Waals surface area contributed by atoms with Crippen molar-refractivity contribution in [2.45, 2.75) is 251 Å². The number of carbonyl (C=O) groups excluding carboxylic acids is 1. The number of hydrogen-bond donors (Lipinski definition) is 3. The molecule has 0 fully saturated rings. The van der Waals surface area contributed by atoms with Gasteiger partial charge in [0.25, 0.3) is 0 Å². The number of hydrogen-bond acceptors (Lipinski definition) is 5. The Hall–Kier alpha value is -3.10. The Morgan fingerprint density at radius 3 is 1.23 bits per heavy atom. The van der Waals surface area contributed by atoms with Gasteiger partial charge in [0.1, 0.15) is 13.2 Å². The van der Waals surface area contributed by atoms with E-state index in [2.05, 4.69) is 129 Å². The molecule has 75 heavy (non-hydrogen) atoms. The predicted molar refractivity (Wildman–Crippen MR) is 327 cm³/mol. The summed E-state index contributed by atoms with van der Waals surface area (Å²) in [5.41, 5.74) is 0. The lowest BCUT2D eigenvalue weighted by atomic mass is 10.0. The van der Waals surface area contributed by atoms with Gasteiger partial charge in [0, 0.05) is 6.42 Å². The van der Waals surface area contributed by atoms with Gasteiger partial charge in [0.15, 0.2) is 0 Å². The molecule has 0 spiro atoms. The molecule has 0 aliphatic heterocycles. The highest BCUT2D eigenvalue weighted by atomic mass is 31.2. The quantitative estimate of drug-likeness (QED) is 0.0243. The van der Waals surface area contributed by atoms with Gasteiger partial charge in [-0.3, -0.25) is 13.8 Å². The molecule has 0 bridgehead atoms. The van der Waals surface area contributed by atoms with Crippen molar-refractivity contribution in [1.29, 1.82) is 0 Å². The van der Waals surface area contributed by atoms with Gasteiger partial charge in [0.05, 0.1) is 39.9 Å². The SMILES string of the molecule is CC/C=C\C/C=C\C/C=C\C/C=C\C/C=C\C/C=C\C/C=C\C/C=C\CCCCCCC(=O)NC(COP(=O)(O)OCC[N+](C)(C)C)C(O)/C=C/CC/C=C/CCCCCCCCCCCCCCCCCCCC. The van der Waals surface area contributed by atoms with Crippen LogP contribution in [0.2, 0.25) is 0 Å². The van der Waals surface area contributed by atoms with Crippen LogP contribution in [-0.2, 0) is 18.4 Å². The molecule has 0 saturated carbocycles. The van der Waals surface area contributed by atoms with Crippen LogP contribution in [0.5, 0.6) is 0 Å². The standard InChI is InChI=1S/C66H115N2O6P/c1-6-8-10-12-14-16-18-20-22-24-26-28-30-32-33-34-35-36-38-40-42-44-46-48-50-52-54-56-58-60-66(70)67-64(63-74-75(71,72)73-62-61-68(3,4)5)65(69)59-57-55-53-51-49-47-45-43-41-39-37-31-29-27-25-23-21-19-17-15-13-11-9-7-2/h8,10,14,16,20,22,26,28,32-33,35-36,40,42,46,48-49,51,57,59,64-65,69H,6-7,9,11-13,15,17-19,21,23-25,27,29-31,34,37-39,41,43-45,47,50,52-56,58,60-63H2,1-5H3,(H-,67,70,71,72)/p+1/b10-8-,16-14-,22-20-,28-26-,33-32-,36-35-,42-40-,48-46-,51-49+,59-57+. The molecule has 0 rings (SSSR count). The van der Waals surface area contributed by atoms with E-state index in [9.17, 15) is 19.4 Å². The monoisotopic (exact) mass is 1060 g/mol. The Labute approximate surface area is 463 Å². The zero-order chi connectivity index (χ0) is 54.9. The van der Waals surface area contributed by atoms with Crippen molar-refractivity contribution in [3.63, 3.8) is 0 Å². The summed E-state index contributed by atoms with van der Waals surface area (Å²) in [6.45, 7) is 4.66. The summed E-state index contributed by atoms with van der Waals surface area (Å²) in [5.74, 6) is -0.215. The molecule has 9 heteroatoms. The van der Waals surface area contributed by atoms with Crippen LogP contribution in [0, 0.1) is 0 Å². The molecule has 3 unspecified atom stereocenters. The smallest absolute Gasteiger partial charge is 0.387 e. The maximum Gasteiger partial charge on any atom is 0.472 e. The number of carbonyl (C=O) groups is 1. The van der Waals surface area contributed by atoms with Crippen LogP contribution >= 0.6 is 7.82 Å². The van der Waals surface area contributed by atoms with Gasteiger partial charge in [-0.1, -0.05) is 257 Å². The third-order valence-corrected chi connectivity index (χ3v) is 13.9. The van der Waals surface area contributed by atoms with E-state index in [4.69, 9.17) is 9.05 Å². The van der Waals surface area contributed by atoms with Gasteiger partial charge in [-0.15, -0.1) is 0 Å². The van der Waals surface area contributed by atoms with Gasteiger partial charge in [-0.25, -0.2) is 4.57 Å². The molecule has 0 heterocycles. The molecule has 0 saturated heterocycles. The Bertz CT molecular complexity index is 1630. The lowest BCUT2D eigenvalue weighted by molar-refractivity contribution is -0.870. The van der Waals surface area contributed by atoms with Crippen LogP contribution < -0.4 is 5.32 Å². The van der Waals surface area contributed by atoms with E-state index >= 15 is 0 Å². The summed E-state index contributed by atoms with van der Waals surface area (Å²) in [7, 11) is 1.52. The maximum absolute atomic E-state index is 13.0. The van der Waals surface area contributed by atoms with Gasteiger partial charge < -0.3 is 19.8 Å². The highest BCUT2D eigenvalue weighted by Crippen LogP contribution is 2.43. The molecule has 0 aliphatic carbocycles. The largest absolute Gasteiger partial charge is 0.472 e. The van der Waals surface area contributed by atoms with Crippen LogP contribution in [0.15, 0.2) is 122 Å². The summed E-state index contributed by atoms with van der Waals surface area (Å²) in [6.07, 6.45) is 83.1. The van der Waals surface area contributed by atoms with E-state index in [1.54, 1.807) is 6.08 Å². The van der Waals surface area contributed by atoms with Gasteiger partial charge in [-0.2, -0.15) is 0 Å². The minimum absolute atomic E-state index is 0.0440. The zero-order valence-electron chi connectivity index (χ0n) is 49.0. The summed E-state index contributed by atoms with van der Waals surface area (Å²) in [6, 6.07) is -0.888. The van der Waals surface area contributed by atoms with Crippen LogP contribution in [0.25, 0.3) is 0 Å². The molecule has 430 valence electrons. The maximum atomic E-state index is 13.0. The third kappa shape index (κ3) is 58.4. The summed E-state index contributed by atoms with van der Waals surface area (Å²) in [4.78, 5) is 23.3. The molecule has 0 radical (unpaired) electrons. The lowest BCUT2D eigenvalue weighted by Crippen LogP contribution is -2.45. The number of aliphatic hydroxyl groups excluding tert-OH is 1. The normalized spacial score (nSPS) is 14.7. The second kappa shape index (κ2) is 55.6. The van der Waals surface area contributed by atoms with E-state index < -0.39 is 20.0 Å². The Kier molecular flexibility index (Phi) is 53.3. The Morgan fingerprint density at radius 1 is 0.467 bits per heavy atom. The fraction of sp³-hybridized carbons (Fsp3) is 0.682. The number of phosphoric acid groups is 1. The molecule has 0 aromatic carbocycles. The van der Waals surface area contributed by atoms with E-state index in [0.29, 0.717) is 17.4 Å². The minimum atomic E-state index is -4.37. The summed E-state index contributed by atoms with van der Waals surface area (Å²) >= 11 is 0. The molecule has 0 aliphatic rings. The topological polar surface area (TPSA) is 105 Å². The van der Waals surface area contributed by atoms with Crippen molar-refractivity contribution in [3.05, 3.63) is 122 Å². The number of aliphatic hydroxyl groups is 1. The highest BCUT2D eigenvalue weighted by molar-refractivity contribution is 7.47. The van der Waals surface area contributed by atoms with E-state index in [0.717, 1.165) is 103 Å². The molecular weight excluding hydrogens is 948 g/mol. The Balaban J connectivity index is 4.34. The second-order valence-corrected chi connectivity index (χ2v) is 22.8. The minimum Gasteiger partial charge on any atom is -0.387 e. The van der Waals surface area contributed by atoms with Gasteiger partial charge >= 0.3 is 7.82 Å². The molecule has 1 amide bonds. The van der Waals surface area contributed by atoms with Crippen LogP contribution in [0.1, 0.15) is 239 Å². The molecule has 3 N–H and O–H groups in total. The van der Waals surface area contributed by atoms with Crippen molar-refractivity contribution in [2.75, 3.05) is 40.9 Å². The number of quaternary nitrogens is 1. The first-order chi connectivity index (χ1) is 36.5. The van der Waals surface area contributed by atoms with Gasteiger partial charge in [-0.05, 0) is 96.3 Å². The number of phosphoric ester groups is 1. The van der Waals surface area contributed by atoms with Crippen molar-refractivity contribution in [2.24, 2.45) is 0 Å². The van der Waals surface area contributed by atoms with Crippen LogP contribution in [-0.4, -0.2) is 73.4 Å². The molecule has 0 aromatic rings. The predicted octanol–water partition coefficient (Wildman–Crippen LogP) is 18.9. The number of nitrogens with zero attached hydrogens (tertiary/aromatic N) is 1. The third-order valence-electron chi connectivity index (χ3n) is 12.9. The number of unbranched alkanes of at least 4 members (excludes halogenated alkanes) is 23. The van der Waals surface area contributed by atoms with Crippen molar-refractivity contribution >= 4 is 13.7 Å². The van der Waals surface area contributed by atoms with E-state index in [1.807, 2.05) is 27.2 Å². The number of rotatable bonds is 54. The molecule has 3 atom stereocenters. The van der Waals surface area contributed by atoms with Crippen LogP contribution in [0.3, 0.4) is 0 Å². The first-order valence-electron chi connectivity index (χ1n) is 30.4. The average Bonchev–Trinajstić information content (AvgIpc) is 3.37. The van der Waals surface area contributed by atoms with E-state index in [-0.39, 0.29) is 19.1 Å². The second-order valence-electron chi connectivity index (χ2n) is 21.3. The Morgan fingerprint density at radius 2 is 0.813 bits per heavy atom. The average molecular weight is 1060 g/mol. The fourth-order valence-electron chi connectivity index (χ4n) is 8.19. The summed E-state index contributed by atoms with van der Waals surface area (Å²) in [5, 5.41) is 13.9. The highest BCUT2D eigenvalue weighted by Gasteiger charge is 2.27. The number of amides is 1. The van der Waals surface area contributed by atoms with Crippen molar-refractivity contribution < 1.29 is 32.9 Å². The molecular formula is C66H116N2O6P+.